The van der Waals surface area contributed by atoms with E-state index in [1.165, 1.54) is 14.1 Å². The minimum absolute atomic E-state index is 0.305. The van der Waals surface area contributed by atoms with Crippen LogP contribution in [0.4, 0.5) is 0 Å². The van der Waals surface area contributed by atoms with Gasteiger partial charge in [-0.15, -0.1) is 0 Å². The summed E-state index contributed by atoms with van der Waals surface area (Å²) in [5, 5.41) is 7.79. The van der Waals surface area contributed by atoms with Crippen LogP contribution in [0.5, 0.6) is 0 Å². The van der Waals surface area contributed by atoms with Crippen molar-refractivity contribution < 1.29 is 9.59 Å². The first-order chi connectivity index (χ1) is 6.67. The van der Waals surface area contributed by atoms with E-state index in [2.05, 4.69) is 22.9 Å². The summed E-state index contributed by atoms with van der Waals surface area (Å²) in [5.74, 6) is -0.610. The number of unbranched alkanes of at least 4 members (excludes halogenated alkanes) is 1. The van der Waals surface area contributed by atoms with E-state index in [4.69, 9.17) is 0 Å². The Morgan fingerprint density at radius 3 is 2.00 bits per heavy atom. The normalized spacial score (nSPS) is 10.0. The molecule has 0 bridgehead atoms. The minimum atomic E-state index is -0.781. The molecule has 0 aromatic rings. The number of amides is 2. The lowest BCUT2D eigenvalue weighted by Crippen LogP contribution is -2.52. The van der Waals surface area contributed by atoms with E-state index in [9.17, 15) is 9.59 Å². The lowest BCUT2D eigenvalue weighted by atomic mass is 10.2. The highest BCUT2D eigenvalue weighted by molar-refractivity contribution is 6.04. The summed E-state index contributed by atoms with van der Waals surface area (Å²) >= 11 is 0. The van der Waals surface area contributed by atoms with Crippen molar-refractivity contribution in [3.63, 3.8) is 0 Å². The second kappa shape index (κ2) is 7.32. The predicted molar refractivity (Wildman–Crippen MR) is 54.8 cm³/mol. The number of carbonyl (C=O) groups is 2. The van der Waals surface area contributed by atoms with E-state index < -0.39 is 6.04 Å². The molecule has 0 unspecified atom stereocenters. The predicted octanol–water partition coefficient (Wildman–Crippen LogP) is -0.763. The van der Waals surface area contributed by atoms with Crippen molar-refractivity contribution in [2.75, 3.05) is 20.6 Å². The summed E-state index contributed by atoms with van der Waals surface area (Å²) in [4.78, 5) is 22.5. The molecule has 82 valence electrons. The Balaban J connectivity index is 4.11. The summed E-state index contributed by atoms with van der Waals surface area (Å²) in [5.41, 5.74) is 0. The van der Waals surface area contributed by atoms with E-state index in [0.29, 0.717) is 6.54 Å². The van der Waals surface area contributed by atoms with Gasteiger partial charge in [-0.25, -0.2) is 0 Å². The monoisotopic (exact) mass is 201 g/mol. The minimum Gasteiger partial charge on any atom is -0.357 e. The highest BCUT2D eigenvalue weighted by atomic mass is 16.2. The van der Waals surface area contributed by atoms with E-state index in [0.717, 1.165) is 12.8 Å². The molecular formula is C9H19N3O2. The van der Waals surface area contributed by atoms with Gasteiger partial charge in [0.05, 0.1) is 0 Å². The lowest BCUT2D eigenvalue weighted by molar-refractivity contribution is -0.131. The molecule has 0 saturated carbocycles. The number of hydrogen-bond acceptors (Lipinski definition) is 3. The Morgan fingerprint density at radius 2 is 1.64 bits per heavy atom. The van der Waals surface area contributed by atoms with Gasteiger partial charge < -0.3 is 10.6 Å². The van der Waals surface area contributed by atoms with Crippen LogP contribution in [0.1, 0.15) is 19.8 Å². The van der Waals surface area contributed by atoms with E-state index in [1.807, 2.05) is 0 Å². The molecule has 14 heavy (non-hydrogen) atoms. The smallest absolute Gasteiger partial charge is 0.246 e. The maximum atomic E-state index is 11.3. The molecule has 0 rings (SSSR count). The molecule has 0 aliphatic heterocycles. The van der Waals surface area contributed by atoms with Gasteiger partial charge in [0.15, 0.2) is 6.04 Å². The first-order valence-electron chi connectivity index (χ1n) is 4.83. The van der Waals surface area contributed by atoms with Crippen molar-refractivity contribution >= 4 is 11.8 Å². The van der Waals surface area contributed by atoms with Crippen molar-refractivity contribution in [1.82, 2.24) is 16.0 Å². The molecule has 0 heterocycles. The van der Waals surface area contributed by atoms with Crippen LogP contribution in [0.15, 0.2) is 0 Å². The van der Waals surface area contributed by atoms with E-state index in [-0.39, 0.29) is 11.8 Å². The molecule has 0 aromatic heterocycles. The molecule has 0 radical (unpaired) electrons. The maximum absolute atomic E-state index is 11.3. The number of rotatable bonds is 6. The average Bonchev–Trinajstić information content (AvgIpc) is 2.22. The first kappa shape index (κ1) is 12.9. The fourth-order valence-corrected chi connectivity index (χ4v) is 1.02. The SMILES string of the molecule is CCCCNC(C(=O)NC)C(=O)NC. The highest BCUT2D eigenvalue weighted by Crippen LogP contribution is 1.88. The lowest BCUT2D eigenvalue weighted by Gasteiger charge is -2.15. The van der Waals surface area contributed by atoms with Crippen molar-refractivity contribution in [2.24, 2.45) is 0 Å². The highest BCUT2D eigenvalue weighted by Gasteiger charge is 2.23. The molecule has 0 aliphatic carbocycles. The van der Waals surface area contributed by atoms with Crippen LogP contribution >= 0.6 is 0 Å². The molecule has 0 aromatic carbocycles. The topological polar surface area (TPSA) is 70.2 Å². The zero-order valence-electron chi connectivity index (χ0n) is 9.02. The van der Waals surface area contributed by atoms with Gasteiger partial charge in [-0.1, -0.05) is 13.3 Å². The molecule has 5 nitrogen and oxygen atoms in total. The number of hydrogen-bond donors (Lipinski definition) is 3. The molecule has 0 atom stereocenters. The first-order valence-corrected chi connectivity index (χ1v) is 4.83. The summed E-state index contributed by atoms with van der Waals surface area (Å²) in [6.07, 6.45) is 1.98. The average molecular weight is 201 g/mol. The molecule has 3 N–H and O–H groups in total. The summed E-state index contributed by atoms with van der Waals surface area (Å²) in [6, 6.07) is -0.781. The van der Waals surface area contributed by atoms with E-state index in [1.54, 1.807) is 0 Å². The van der Waals surface area contributed by atoms with Gasteiger partial charge in [0, 0.05) is 14.1 Å². The Kier molecular flexibility index (Phi) is 6.74. The summed E-state index contributed by atoms with van der Waals surface area (Å²) < 4.78 is 0. The van der Waals surface area contributed by atoms with Crippen molar-refractivity contribution in [2.45, 2.75) is 25.8 Å². The molecule has 0 spiro atoms. The van der Waals surface area contributed by atoms with Crippen LogP contribution in [0.2, 0.25) is 0 Å². The third kappa shape index (κ3) is 4.23. The van der Waals surface area contributed by atoms with Crippen LogP contribution < -0.4 is 16.0 Å². The van der Waals surface area contributed by atoms with Crippen molar-refractivity contribution in [3.05, 3.63) is 0 Å². The van der Waals surface area contributed by atoms with Crippen LogP contribution in [-0.4, -0.2) is 38.5 Å². The van der Waals surface area contributed by atoms with Gasteiger partial charge in [0.2, 0.25) is 11.8 Å². The largest absolute Gasteiger partial charge is 0.357 e. The standard InChI is InChI=1S/C9H19N3O2/c1-4-5-6-12-7(8(13)10-2)9(14)11-3/h7,12H,4-6H2,1-3H3,(H,10,13)(H,11,14). The Bertz CT molecular complexity index is 178. The van der Waals surface area contributed by atoms with Gasteiger partial charge in [-0.2, -0.15) is 0 Å². The zero-order valence-corrected chi connectivity index (χ0v) is 9.02. The summed E-state index contributed by atoms with van der Waals surface area (Å²) in [6.45, 7) is 2.72. The Hall–Kier alpha value is -1.10. The number of nitrogens with one attached hydrogen (secondary N) is 3. The number of carbonyl (C=O) groups excluding carboxylic acids is 2. The van der Waals surface area contributed by atoms with Gasteiger partial charge in [-0.05, 0) is 13.0 Å². The molecule has 5 heteroatoms. The van der Waals surface area contributed by atoms with Crippen LogP contribution in [-0.2, 0) is 9.59 Å². The van der Waals surface area contributed by atoms with Crippen LogP contribution in [0.25, 0.3) is 0 Å². The molecule has 0 fully saturated rings. The quantitative estimate of drug-likeness (QED) is 0.391. The fraction of sp³-hybridized carbons (Fsp3) is 0.778. The van der Waals surface area contributed by atoms with Crippen molar-refractivity contribution in [1.29, 1.82) is 0 Å². The van der Waals surface area contributed by atoms with Crippen LogP contribution in [0.3, 0.4) is 0 Å². The van der Waals surface area contributed by atoms with E-state index >= 15 is 0 Å². The third-order valence-electron chi connectivity index (χ3n) is 1.90. The second-order valence-corrected chi connectivity index (χ2v) is 2.97. The van der Waals surface area contributed by atoms with Gasteiger partial charge in [0.25, 0.3) is 0 Å². The molecule has 0 aliphatic rings. The van der Waals surface area contributed by atoms with Gasteiger partial charge in [0.1, 0.15) is 0 Å². The molecular weight excluding hydrogens is 182 g/mol. The van der Waals surface area contributed by atoms with Gasteiger partial charge >= 0.3 is 0 Å². The third-order valence-corrected chi connectivity index (χ3v) is 1.90. The zero-order chi connectivity index (χ0) is 11.0. The van der Waals surface area contributed by atoms with Crippen LogP contribution in [0, 0.1) is 0 Å². The molecule has 0 saturated heterocycles. The van der Waals surface area contributed by atoms with Crippen molar-refractivity contribution in [3.8, 4) is 0 Å². The maximum Gasteiger partial charge on any atom is 0.246 e. The van der Waals surface area contributed by atoms with Gasteiger partial charge in [-0.3, -0.25) is 14.9 Å². The fourth-order valence-electron chi connectivity index (χ4n) is 1.02. The number of likely N-dealkylation sites (N-methyl/N-ethyl adjacent to an activating group) is 2. The Morgan fingerprint density at radius 1 is 1.14 bits per heavy atom. The second-order valence-electron chi connectivity index (χ2n) is 2.97. The molecule has 2 amide bonds. The Labute approximate surface area is 84.6 Å². The summed E-state index contributed by atoms with van der Waals surface area (Å²) in [7, 11) is 3.03.